The molecule has 2 heterocycles. The van der Waals surface area contributed by atoms with Gasteiger partial charge in [-0.1, -0.05) is 29.3 Å². The smallest absolute Gasteiger partial charge is 0.411 e. The van der Waals surface area contributed by atoms with Gasteiger partial charge in [-0.3, -0.25) is 25.3 Å². The van der Waals surface area contributed by atoms with Gasteiger partial charge in [0.2, 0.25) is 5.71 Å². The molecule has 1 aliphatic rings. The highest BCUT2D eigenvalue weighted by Crippen LogP contribution is 2.39. The van der Waals surface area contributed by atoms with Crippen LogP contribution in [0.2, 0.25) is 10.0 Å². The number of carbonyl (C=O) groups excluding carboxylic acids is 2. The Kier molecular flexibility index (Phi) is 8.06. The molecule has 3 amide bonds. The molecular formula is C25H18Cl2N6O5. The number of amides is 3. The minimum absolute atomic E-state index is 0.0810. The summed E-state index contributed by atoms with van der Waals surface area (Å²) in [5.74, 6) is -0.706. The van der Waals surface area contributed by atoms with Gasteiger partial charge >= 0.3 is 6.09 Å². The molecule has 0 saturated heterocycles. The monoisotopic (exact) mass is 552 g/mol. The zero-order valence-electron chi connectivity index (χ0n) is 19.4. The van der Waals surface area contributed by atoms with E-state index in [1.165, 1.54) is 23.5 Å². The maximum atomic E-state index is 13.0. The topological polar surface area (TPSA) is 157 Å². The zero-order chi connectivity index (χ0) is 27.2. The fourth-order valence-electron chi connectivity index (χ4n) is 3.68. The van der Waals surface area contributed by atoms with E-state index in [1.54, 1.807) is 35.5 Å². The third kappa shape index (κ3) is 6.18. The first-order valence-electron chi connectivity index (χ1n) is 11.0. The molecule has 3 N–H and O–H groups in total. The number of rotatable bonds is 7. The summed E-state index contributed by atoms with van der Waals surface area (Å²) in [5, 5.41) is 22.9. The SMILES string of the molecule is N#CC(=NNc1cc(Cl)c(Oc2ccc3c(c2)CCN(Cc2cccnc2)C3=O)c(Cl)c1)C(=O)NC(=O)O. The molecular weight excluding hydrogens is 535 g/mol. The average molecular weight is 553 g/mol. The number of anilines is 1. The number of benzene rings is 2. The lowest BCUT2D eigenvalue weighted by atomic mass is 9.98. The highest BCUT2D eigenvalue weighted by Gasteiger charge is 2.25. The molecule has 3 aromatic rings. The third-order valence-corrected chi connectivity index (χ3v) is 5.96. The number of nitrogens with one attached hydrogen (secondary N) is 2. The highest BCUT2D eigenvalue weighted by molar-refractivity contribution is 6.46. The predicted octanol–water partition coefficient (Wildman–Crippen LogP) is 4.46. The van der Waals surface area contributed by atoms with Crippen LogP contribution in [0.3, 0.4) is 0 Å². The van der Waals surface area contributed by atoms with Gasteiger partial charge in [-0.25, -0.2) is 4.79 Å². The second-order valence-corrected chi connectivity index (χ2v) is 8.79. The minimum Gasteiger partial charge on any atom is -0.465 e. The van der Waals surface area contributed by atoms with Gasteiger partial charge in [0.05, 0.1) is 15.7 Å². The molecule has 4 rings (SSSR count). The van der Waals surface area contributed by atoms with Crippen LogP contribution in [0.5, 0.6) is 11.5 Å². The molecule has 13 heteroatoms. The van der Waals surface area contributed by atoms with Gasteiger partial charge in [-0.2, -0.15) is 10.4 Å². The quantitative estimate of drug-likeness (QED) is 0.286. The van der Waals surface area contributed by atoms with Crippen LogP contribution in [0.4, 0.5) is 10.5 Å². The summed E-state index contributed by atoms with van der Waals surface area (Å²) in [5.41, 5.74) is 4.29. The van der Waals surface area contributed by atoms with E-state index < -0.39 is 17.7 Å². The Bertz CT molecular complexity index is 1470. The molecule has 1 aromatic heterocycles. The first kappa shape index (κ1) is 26.4. The van der Waals surface area contributed by atoms with Gasteiger partial charge < -0.3 is 14.7 Å². The number of pyridine rings is 1. The summed E-state index contributed by atoms with van der Waals surface area (Å²) >= 11 is 12.7. The number of hydrazone groups is 1. The van der Waals surface area contributed by atoms with E-state index in [0.717, 1.165) is 11.1 Å². The van der Waals surface area contributed by atoms with E-state index in [9.17, 15) is 14.4 Å². The molecule has 0 saturated carbocycles. The van der Waals surface area contributed by atoms with Crippen molar-refractivity contribution in [1.29, 1.82) is 5.26 Å². The lowest BCUT2D eigenvalue weighted by Crippen LogP contribution is -2.37. The van der Waals surface area contributed by atoms with Crippen LogP contribution in [-0.2, 0) is 17.8 Å². The molecule has 0 unspecified atom stereocenters. The Morgan fingerprint density at radius 2 is 1.97 bits per heavy atom. The summed E-state index contributed by atoms with van der Waals surface area (Å²) in [7, 11) is 0. The molecule has 0 atom stereocenters. The summed E-state index contributed by atoms with van der Waals surface area (Å²) < 4.78 is 5.91. The molecule has 0 radical (unpaired) electrons. The summed E-state index contributed by atoms with van der Waals surface area (Å²) in [6.45, 7) is 1.02. The van der Waals surface area contributed by atoms with E-state index in [4.69, 9.17) is 38.3 Å². The van der Waals surface area contributed by atoms with E-state index >= 15 is 0 Å². The van der Waals surface area contributed by atoms with E-state index in [2.05, 4.69) is 15.5 Å². The molecule has 1 aliphatic heterocycles. The lowest BCUT2D eigenvalue weighted by Gasteiger charge is -2.29. The molecule has 192 valence electrons. The van der Waals surface area contributed by atoms with Crippen LogP contribution in [0.1, 0.15) is 21.5 Å². The maximum Gasteiger partial charge on any atom is 0.411 e. The molecule has 0 spiro atoms. The second-order valence-electron chi connectivity index (χ2n) is 7.97. The molecule has 11 nitrogen and oxygen atoms in total. The number of hydrogen-bond donors (Lipinski definition) is 3. The van der Waals surface area contributed by atoms with Crippen LogP contribution >= 0.6 is 23.2 Å². The summed E-state index contributed by atoms with van der Waals surface area (Å²) in [6, 6.07) is 13.1. The van der Waals surface area contributed by atoms with Crippen LogP contribution in [0.25, 0.3) is 0 Å². The average Bonchev–Trinajstić information content (AvgIpc) is 2.88. The number of imide groups is 1. The zero-order valence-corrected chi connectivity index (χ0v) is 21.0. The van der Waals surface area contributed by atoms with Crippen molar-refractivity contribution in [2.75, 3.05) is 12.0 Å². The van der Waals surface area contributed by atoms with Crippen molar-refractivity contribution in [3.8, 4) is 17.6 Å². The Morgan fingerprint density at radius 1 is 1.21 bits per heavy atom. The number of fused-ring (bicyclic) bond motifs is 1. The normalized spacial score (nSPS) is 12.8. The Balaban J connectivity index is 1.47. The van der Waals surface area contributed by atoms with Crippen molar-refractivity contribution in [1.82, 2.24) is 15.2 Å². The highest BCUT2D eigenvalue weighted by atomic mass is 35.5. The van der Waals surface area contributed by atoms with Crippen molar-refractivity contribution in [2.24, 2.45) is 5.10 Å². The van der Waals surface area contributed by atoms with Crippen molar-refractivity contribution >= 4 is 52.5 Å². The Hall–Kier alpha value is -4.66. The van der Waals surface area contributed by atoms with Gasteiger partial charge in [-0.05, 0) is 53.9 Å². The largest absolute Gasteiger partial charge is 0.465 e. The van der Waals surface area contributed by atoms with Gasteiger partial charge in [0.25, 0.3) is 11.8 Å². The number of ether oxygens (including phenoxy) is 1. The number of carbonyl (C=O) groups is 3. The maximum absolute atomic E-state index is 13.0. The molecule has 2 aromatic carbocycles. The number of hydrogen-bond acceptors (Lipinski definition) is 8. The van der Waals surface area contributed by atoms with Crippen LogP contribution < -0.4 is 15.5 Å². The molecule has 0 fully saturated rings. The number of nitrogens with zero attached hydrogens (tertiary/aromatic N) is 4. The summed E-state index contributed by atoms with van der Waals surface area (Å²) in [6.07, 6.45) is 2.43. The van der Waals surface area contributed by atoms with Crippen LogP contribution in [-0.4, -0.2) is 45.2 Å². The fraction of sp³-hybridized carbons (Fsp3) is 0.120. The fourth-order valence-corrected chi connectivity index (χ4v) is 4.25. The Labute approximate surface area is 226 Å². The van der Waals surface area contributed by atoms with Crippen LogP contribution in [0, 0.1) is 11.3 Å². The molecule has 0 aliphatic carbocycles. The Morgan fingerprint density at radius 3 is 2.63 bits per heavy atom. The minimum atomic E-state index is -1.63. The van der Waals surface area contributed by atoms with E-state index in [1.807, 2.05) is 12.1 Å². The third-order valence-electron chi connectivity index (χ3n) is 5.40. The number of nitriles is 1. The van der Waals surface area contributed by atoms with Gasteiger partial charge in [-0.15, -0.1) is 0 Å². The van der Waals surface area contributed by atoms with Gasteiger partial charge in [0.15, 0.2) is 5.75 Å². The molecule has 38 heavy (non-hydrogen) atoms. The standard InChI is InChI=1S/C25H18Cl2N6O5/c26-19-9-16(31-32-21(11-28)23(34)30-25(36)37)10-20(27)22(19)38-17-3-4-18-15(8-17)5-7-33(24(18)35)13-14-2-1-6-29-12-14/h1-4,6,8-10,12,31H,5,7,13H2,(H,30,34)(H,36,37). The molecule has 0 bridgehead atoms. The van der Waals surface area contributed by atoms with Crippen molar-refractivity contribution in [3.63, 3.8) is 0 Å². The van der Waals surface area contributed by atoms with Gasteiger partial charge in [0.1, 0.15) is 11.8 Å². The van der Waals surface area contributed by atoms with Gasteiger partial charge in [0, 0.05) is 31.0 Å². The lowest BCUT2D eigenvalue weighted by molar-refractivity contribution is -0.114. The second kappa shape index (κ2) is 11.6. The first-order chi connectivity index (χ1) is 18.2. The predicted molar refractivity (Wildman–Crippen MR) is 138 cm³/mol. The first-order valence-corrected chi connectivity index (χ1v) is 11.8. The van der Waals surface area contributed by atoms with E-state index in [-0.39, 0.29) is 27.4 Å². The van der Waals surface area contributed by atoms with Crippen molar-refractivity contribution in [3.05, 3.63) is 81.6 Å². The summed E-state index contributed by atoms with van der Waals surface area (Å²) in [4.78, 5) is 41.1. The van der Waals surface area contributed by atoms with Crippen molar-refractivity contribution < 1.29 is 24.2 Å². The van der Waals surface area contributed by atoms with Crippen molar-refractivity contribution in [2.45, 2.75) is 13.0 Å². The number of carboxylic acid groups (broad SMARTS) is 1. The number of aromatic nitrogens is 1. The van der Waals surface area contributed by atoms with Crippen LogP contribution in [0.15, 0.2) is 60.0 Å². The number of halogens is 2. The van der Waals surface area contributed by atoms with E-state index in [0.29, 0.717) is 30.8 Å².